The molecule has 1 unspecified atom stereocenters. The summed E-state index contributed by atoms with van der Waals surface area (Å²) in [6.45, 7) is 5.83. The van der Waals surface area contributed by atoms with E-state index in [1.165, 1.54) is 0 Å². The smallest absolute Gasteiger partial charge is 0.239 e. The van der Waals surface area contributed by atoms with Crippen LogP contribution in [-0.4, -0.2) is 30.7 Å². The Labute approximate surface area is 181 Å². The largest absolute Gasteiger partial charge is 0.768 e. The van der Waals surface area contributed by atoms with Gasteiger partial charge in [-0.05, 0) is 67.5 Å². The molecular formula is C22H29N4O3S-. The van der Waals surface area contributed by atoms with Gasteiger partial charge < -0.3 is 9.87 Å². The number of benzene rings is 1. The van der Waals surface area contributed by atoms with Crippen molar-refractivity contribution in [1.82, 2.24) is 9.97 Å². The fourth-order valence-electron chi connectivity index (χ4n) is 4.51. The number of hydrogen-bond acceptors (Lipinski definition) is 6. The number of hydrogen-bond donors (Lipinski definition) is 1. The van der Waals surface area contributed by atoms with E-state index in [9.17, 15) is 13.6 Å². The molecular weight excluding hydrogens is 400 g/mol. The van der Waals surface area contributed by atoms with Gasteiger partial charge in [0.2, 0.25) is 11.9 Å². The van der Waals surface area contributed by atoms with Gasteiger partial charge in [-0.3, -0.25) is 13.9 Å². The zero-order valence-electron chi connectivity index (χ0n) is 17.6. The normalized spacial score (nSPS) is 20.0. The number of amides is 1. The molecule has 1 aliphatic heterocycles. The first-order chi connectivity index (χ1) is 14.5. The van der Waals surface area contributed by atoms with Crippen LogP contribution in [0.15, 0.2) is 29.3 Å². The average molecular weight is 430 g/mol. The Morgan fingerprint density at radius 1 is 1.27 bits per heavy atom. The molecule has 7 nitrogen and oxygen atoms in total. The summed E-state index contributed by atoms with van der Waals surface area (Å²) in [5, 5.41) is 3.18. The molecule has 1 atom stereocenters. The fraction of sp³-hybridized carbons (Fsp3) is 0.500. The number of rotatable bonds is 4. The number of carbonyl (C=O) groups is 1. The van der Waals surface area contributed by atoms with Crippen molar-refractivity contribution in [3.8, 4) is 0 Å². The van der Waals surface area contributed by atoms with Crippen molar-refractivity contribution in [1.29, 1.82) is 0 Å². The topological polar surface area (TPSA) is 98.2 Å². The summed E-state index contributed by atoms with van der Waals surface area (Å²) in [6.07, 6.45) is 7.91. The van der Waals surface area contributed by atoms with Crippen LogP contribution in [0.3, 0.4) is 0 Å². The predicted molar refractivity (Wildman–Crippen MR) is 118 cm³/mol. The summed E-state index contributed by atoms with van der Waals surface area (Å²) in [6, 6.07) is 5.09. The molecule has 2 aromatic rings. The van der Waals surface area contributed by atoms with Gasteiger partial charge >= 0.3 is 0 Å². The first-order valence-electron chi connectivity index (χ1n) is 10.7. The van der Waals surface area contributed by atoms with E-state index in [-0.39, 0.29) is 23.7 Å². The van der Waals surface area contributed by atoms with Crippen LogP contribution in [0.4, 0.5) is 17.5 Å². The molecule has 2 heterocycles. The highest BCUT2D eigenvalue weighted by atomic mass is 32.2. The van der Waals surface area contributed by atoms with Crippen molar-refractivity contribution in [2.24, 2.45) is 0 Å². The van der Waals surface area contributed by atoms with Gasteiger partial charge in [0.15, 0.2) is 0 Å². The van der Waals surface area contributed by atoms with Gasteiger partial charge in [0.05, 0.1) is 5.41 Å². The first-order valence-corrected chi connectivity index (χ1v) is 11.8. The monoisotopic (exact) mass is 429 g/mol. The SMILES string of the molecule is CC.Cc1cc(S(=O)[O-])ccc1Nc1ncc2c(n1)N(C1CCCC1)C(=O)C21CC1.[HH]. The molecule has 1 aromatic carbocycles. The zero-order valence-corrected chi connectivity index (χ0v) is 18.4. The van der Waals surface area contributed by atoms with Crippen molar-refractivity contribution in [3.05, 3.63) is 35.5 Å². The van der Waals surface area contributed by atoms with E-state index in [0.29, 0.717) is 5.95 Å². The molecule has 2 aliphatic carbocycles. The minimum absolute atomic E-state index is 0. The maximum absolute atomic E-state index is 13.1. The van der Waals surface area contributed by atoms with Crippen LogP contribution in [-0.2, 0) is 21.3 Å². The maximum atomic E-state index is 13.1. The van der Waals surface area contributed by atoms with Crippen molar-refractivity contribution in [3.63, 3.8) is 0 Å². The summed E-state index contributed by atoms with van der Waals surface area (Å²) >= 11 is -2.26. The predicted octanol–water partition coefficient (Wildman–Crippen LogP) is 4.36. The highest BCUT2D eigenvalue weighted by Gasteiger charge is 2.61. The van der Waals surface area contributed by atoms with Crippen LogP contribution in [0.1, 0.15) is 64.9 Å². The molecule has 0 radical (unpaired) electrons. The molecule has 162 valence electrons. The third-order valence-corrected chi connectivity index (χ3v) is 6.86. The van der Waals surface area contributed by atoms with Crippen LogP contribution >= 0.6 is 0 Å². The van der Waals surface area contributed by atoms with Gasteiger partial charge in [-0.25, -0.2) is 4.98 Å². The number of nitrogens with one attached hydrogen (secondary N) is 1. The van der Waals surface area contributed by atoms with Crippen molar-refractivity contribution >= 4 is 34.4 Å². The van der Waals surface area contributed by atoms with E-state index in [1.807, 2.05) is 25.7 Å². The summed E-state index contributed by atoms with van der Waals surface area (Å²) in [4.78, 5) is 24.5. The molecule has 1 spiro atoms. The number of anilines is 3. The molecule has 2 fully saturated rings. The molecule has 1 amide bonds. The Bertz CT molecular complexity index is 1010. The Kier molecular flexibility index (Phi) is 5.63. The van der Waals surface area contributed by atoms with E-state index in [1.54, 1.807) is 24.4 Å². The standard InChI is InChI=1S/C20H22N4O3S.C2H6.H2/c1-12-10-14(28(26)27)6-7-16(12)22-19-21-11-15-17(23-19)24(13-4-2-3-5-13)18(25)20(15)8-9-20;1-2;/h6-7,10-11,13H,2-5,8-9H2,1H3,(H,26,27)(H,21,22,23);1-2H3;1H/p-1. The summed E-state index contributed by atoms with van der Waals surface area (Å²) < 4.78 is 22.3. The van der Waals surface area contributed by atoms with E-state index >= 15 is 0 Å². The van der Waals surface area contributed by atoms with Crippen LogP contribution in [0.5, 0.6) is 0 Å². The highest BCUT2D eigenvalue weighted by molar-refractivity contribution is 7.79. The molecule has 30 heavy (non-hydrogen) atoms. The van der Waals surface area contributed by atoms with E-state index in [4.69, 9.17) is 4.98 Å². The second-order valence-electron chi connectivity index (χ2n) is 7.96. The number of nitrogens with zero attached hydrogens (tertiary/aromatic N) is 3. The van der Waals surface area contributed by atoms with E-state index in [0.717, 1.165) is 61.2 Å². The van der Waals surface area contributed by atoms with Crippen LogP contribution in [0, 0.1) is 6.92 Å². The lowest BCUT2D eigenvalue weighted by atomic mass is 10.0. The Hall–Kier alpha value is -2.32. The molecule has 2 saturated carbocycles. The van der Waals surface area contributed by atoms with Gasteiger partial charge in [-0.1, -0.05) is 26.7 Å². The lowest BCUT2D eigenvalue weighted by molar-refractivity contribution is -0.120. The Balaban J connectivity index is 0.000000883. The molecule has 1 aromatic heterocycles. The first kappa shape index (κ1) is 20.9. The molecule has 0 saturated heterocycles. The summed E-state index contributed by atoms with van der Waals surface area (Å²) in [5.41, 5.74) is 2.11. The lowest BCUT2D eigenvalue weighted by Gasteiger charge is -2.24. The minimum atomic E-state index is -2.26. The van der Waals surface area contributed by atoms with Gasteiger partial charge in [0.25, 0.3) is 0 Å². The lowest BCUT2D eigenvalue weighted by Crippen LogP contribution is -2.39. The van der Waals surface area contributed by atoms with Crippen LogP contribution in [0.2, 0.25) is 0 Å². The second-order valence-corrected chi connectivity index (χ2v) is 8.90. The zero-order chi connectivity index (χ0) is 21.5. The Morgan fingerprint density at radius 3 is 2.57 bits per heavy atom. The second kappa shape index (κ2) is 8.07. The van der Waals surface area contributed by atoms with E-state index in [2.05, 4.69) is 10.3 Å². The maximum Gasteiger partial charge on any atom is 0.239 e. The van der Waals surface area contributed by atoms with Gasteiger partial charge in [-0.2, -0.15) is 4.98 Å². The van der Waals surface area contributed by atoms with Crippen molar-refractivity contribution in [2.45, 2.75) is 75.6 Å². The van der Waals surface area contributed by atoms with Gasteiger partial charge in [-0.15, -0.1) is 0 Å². The highest BCUT2D eigenvalue weighted by Crippen LogP contribution is 2.57. The third kappa shape index (κ3) is 3.41. The number of fused-ring (bicyclic) bond motifs is 2. The molecule has 1 N–H and O–H groups in total. The number of aryl methyl sites for hydroxylation is 1. The van der Waals surface area contributed by atoms with Crippen LogP contribution in [0.25, 0.3) is 0 Å². The average Bonchev–Trinajstić information content (AvgIpc) is 3.31. The quantitative estimate of drug-likeness (QED) is 0.725. The number of carbonyl (C=O) groups excluding carboxylic acids is 1. The summed E-state index contributed by atoms with van der Waals surface area (Å²) in [5.74, 6) is 1.37. The molecule has 5 rings (SSSR count). The molecule has 8 heteroatoms. The van der Waals surface area contributed by atoms with Gasteiger partial charge in [0, 0.05) is 29.8 Å². The third-order valence-electron chi connectivity index (χ3n) is 6.22. The van der Waals surface area contributed by atoms with Crippen molar-refractivity contribution in [2.75, 3.05) is 10.2 Å². The van der Waals surface area contributed by atoms with E-state index < -0.39 is 11.1 Å². The number of aromatic nitrogens is 2. The minimum Gasteiger partial charge on any atom is -0.768 e. The van der Waals surface area contributed by atoms with Crippen LogP contribution < -0.4 is 10.2 Å². The Morgan fingerprint density at radius 2 is 1.97 bits per heavy atom. The fourth-order valence-corrected chi connectivity index (χ4v) is 4.96. The summed E-state index contributed by atoms with van der Waals surface area (Å²) in [7, 11) is 0. The van der Waals surface area contributed by atoms with Crippen molar-refractivity contribution < 1.29 is 15.0 Å². The van der Waals surface area contributed by atoms with Gasteiger partial charge in [0.1, 0.15) is 5.82 Å². The molecule has 0 bridgehead atoms. The molecule has 3 aliphatic rings.